The predicted octanol–water partition coefficient (Wildman–Crippen LogP) is 2.64. The molecule has 0 aliphatic carbocycles. The molecule has 8 nitrogen and oxygen atoms in total. The number of aromatic nitrogens is 2. The second-order valence-electron chi connectivity index (χ2n) is 6.80. The molecule has 152 valence electrons. The predicted molar refractivity (Wildman–Crippen MR) is 105 cm³/mol. The summed E-state index contributed by atoms with van der Waals surface area (Å²) in [5, 5.41) is 3.92. The molecule has 0 unspecified atom stereocenters. The van der Waals surface area contributed by atoms with E-state index in [-0.39, 0.29) is 12.7 Å². The molecule has 29 heavy (non-hydrogen) atoms. The van der Waals surface area contributed by atoms with Crippen LogP contribution in [0.2, 0.25) is 0 Å². The standard InChI is InChI=1S/C20H21N3O5S/c1-14-5-3-4-6-18(14)29(24,25)23-11-17(12-23)27-16-9-7-15(8-10-16)20-21-19(13-26-2)28-22-20/h3-10,17H,11-13H2,1-2H3. The summed E-state index contributed by atoms with van der Waals surface area (Å²) < 4.78 is 42.8. The Labute approximate surface area is 169 Å². The van der Waals surface area contributed by atoms with E-state index in [4.69, 9.17) is 14.0 Å². The van der Waals surface area contributed by atoms with Crippen molar-refractivity contribution in [1.29, 1.82) is 0 Å². The zero-order valence-corrected chi connectivity index (χ0v) is 16.9. The Morgan fingerprint density at radius 1 is 1.14 bits per heavy atom. The third-order valence-electron chi connectivity index (χ3n) is 4.68. The van der Waals surface area contributed by atoms with E-state index >= 15 is 0 Å². The average molecular weight is 415 g/mol. The van der Waals surface area contributed by atoms with Crippen LogP contribution in [0.5, 0.6) is 5.75 Å². The smallest absolute Gasteiger partial charge is 0.252 e. The van der Waals surface area contributed by atoms with E-state index in [0.29, 0.717) is 35.4 Å². The van der Waals surface area contributed by atoms with Crippen LogP contribution < -0.4 is 4.74 Å². The van der Waals surface area contributed by atoms with E-state index < -0.39 is 10.0 Å². The number of nitrogens with zero attached hydrogens (tertiary/aromatic N) is 3. The highest BCUT2D eigenvalue weighted by atomic mass is 32.2. The molecule has 0 atom stereocenters. The highest BCUT2D eigenvalue weighted by Crippen LogP contribution is 2.27. The Balaban J connectivity index is 1.36. The van der Waals surface area contributed by atoms with E-state index in [0.717, 1.165) is 11.1 Å². The first-order valence-electron chi connectivity index (χ1n) is 9.12. The topological polar surface area (TPSA) is 94.8 Å². The van der Waals surface area contributed by atoms with Gasteiger partial charge < -0.3 is 14.0 Å². The largest absolute Gasteiger partial charge is 0.488 e. The molecular formula is C20H21N3O5S. The van der Waals surface area contributed by atoms with Gasteiger partial charge in [-0.2, -0.15) is 9.29 Å². The van der Waals surface area contributed by atoms with Gasteiger partial charge in [0.15, 0.2) is 0 Å². The number of hydrogen-bond acceptors (Lipinski definition) is 7. The summed E-state index contributed by atoms with van der Waals surface area (Å²) in [7, 11) is -1.93. The molecule has 0 N–H and O–H groups in total. The van der Waals surface area contributed by atoms with Crippen LogP contribution in [0.25, 0.3) is 11.4 Å². The van der Waals surface area contributed by atoms with Crippen LogP contribution in [-0.4, -0.2) is 49.2 Å². The second-order valence-corrected chi connectivity index (χ2v) is 8.70. The van der Waals surface area contributed by atoms with Crippen molar-refractivity contribution in [3.63, 3.8) is 0 Å². The highest BCUT2D eigenvalue weighted by molar-refractivity contribution is 7.89. The number of rotatable bonds is 7. The van der Waals surface area contributed by atoms with Gasteiger partial charge >= 0.3 is 0 Å². The van der Waals surface area contributed by atoms with Crippen molar-refractivity contribution in [2.45, 2.75) is 24.5 Å². The minimum atomic E-state index is -3.49. The highest BCUT2D eigenvalue weighted by Gasteiger charge is 2.38. The van der Waals surface area contributed by atoms with Gasteiger partial charge in [0.1, 0.15) is 18.5 Å². The summed E-state index contributed by atoms with van der Waals surface area (Å²) in [4.78, 5) is 4.59. The first kappa shape index (κ1) is 19.6. The van der Waals surface area contributed by atoms with Crippen LogP contribution in [0.3, 0.4) is 0 Å². The average Bonchev–Trinajstić information content (AvgIpc) is 3.14. The van der Waals surface area contributed by atoms with Gasteiger partial charge in [-0.3, -0.25) is 0 Å². The normalized spacial score (nSPS) is 15.2. The number of ether oxygens (including phenoxy) is 2. The monoisotopic (exact) mass is 415 g/mol. The third-order valence-corrected chi connectivity index (χ3v) is 6.67. The molecule has 0 amide bonds. The number of hydrogen-bond donors (Lipinski definition) is 0. The van der Waals surface area contributed by atoms with E-state index in [9.17, 15) is 8.42 Å². The summed E-state index contributed by atoms with van der Waals surface area (Å²) in [5.74, 6) is 1.54. The Morgan fingerprint density at radius 3 is 2.55 bits per heavy atom. The lowest BCUT2D eigenvalue weighted by Gasteiger charge is -2.38. The first-order chi connectivity index (χ1) is 14.0. The fourth-order valence-corrected chi connectivity index (χ4v) is 4.81. The first-order valence-corrected chi connectivity index (χ1v) is 10.6. The Hall–Kier alpha value is -2.75. The Morgan fingerprint density at radius 2 is 1.86 bits per heavy atom. The van der Waals surface area contributed by atoms with Gasteiger partial charge in [0.2, 0.25) is 15.8 Å². The number of benzene rings is 2. The van der Waals surface area contributed by atoms with Crippen molar-refractivity contribution in [1.82, 2.24) is 14.4 Å². The molecule has 2 aromatic carbocycles. The Kier molecular flexibility index (Phi) is 5.35. The quantitative estimate of drug-likeness (QED) is 0.585. The SMILES string of the molecule is COCc1nc(-c2ccc(OC3CN(S(=O)(=O)c4ccccc4C)C3)cc2)no1. The van der Waals surface area contributed by atoms with E-state index in [2.05, 4.69) is 10.1 Å². The van der Waals surface area contributed by atoms with Crippen molar-refractivity contribution in [2.75, 3.05) is 20.2 Å². The molecule has 1 aliphatic heterocycles. The van der Waals surface area contributed by atoms with E-state index in [1.54, 1.807) is 44.4 Å². The minimum Gasteiger partial charge on any atom is -0.488 e. The Bertz CT molecular complexity index is 1090. The summed E-state index contributed by atoms with van der Waals surface area (Å²) in [6.45, 7) is 2.70. The van der Waals surface area contributed by atoms with Crippen molar-refractivity contribution >= 4 is 10.0 Å². The molecule has 1 saturated heterocycles. The summed E-state index contributed by atoms with van der Waals surface area (Å²) in [6, 6.07) is 14.3. The van der Waals surface area contributed by atoms with Crippen molar-refractivity contribution in [3.8, 4) is 17.1 Å². The summed E-state index contributed by atoms with van der Waals surface area (Å²) in [6.07, 6.45) is -0.182. The second kappa shape index (κ2) is 7.94. The van der Waals surface area contributed by atoms with Crippen molar-refractivity contribution in [2.24, 2.45) is 0 Å². The van der Waals surface area contributed by atoms with E-state index in [1.165, 1.54) is 4.31 Å². The molecule has 0 bridgehead atoms. The van der Waals surface area contributed by atoms with Gasteiger partial charge in [-0.25, -0.2) is 8.42 Å². The lowest BCUT2D eigenvalue weighted by molar-refractivity contribution is 0.0762. The van der Waals surface area contributed by atoms with Gasteiger partial charge in [-0.15, -0.1) is 0 Å². The zero-order chi connectivity index (χ0) is 20.4. The van der Waals surface area contributed by atoms with Gasteiger partial charge in [0, 0.05) is 12.7 Å². The van der Waals surface area contributed by atoms with Crippen LogP contribution in [0.1, 0.15) is 11.5 Å². The number of aryl methyl sites for hydroxylation is 1. The zero-order valence-electron chi connectivity index (χ0n) is 16.1. The van der Waals surface area contributed by atoms with E-state index in [1.807, 2.05) is 18.2 Å². The molecule has 0 radical (unpaired) electrons. The summed E-state index contributed by atoms with van der Waals surface area (Å²) in [5.41, 5.74) is 1.53. The maximum atomic E-state index is 12.7. The maximum absolute atomic E-state index is 12.7. The maximum Gasteiger partial charge on any atom is 0.252 e. The van der Waals surface area contributed by atoms with Crippen LogP contribution in [0.15, 0.2) is 57.9 Å². The van der Waals surface area contributed by atoms with Gasteiger partial charge in [-0.1, -0.05) is 23.4 Å². The molecule has 1 aliphatic rings. The van der Waals surface area contributed by atoms with Gasteiger partial charge in [0.05, 0.1) is 18.0 Å². The molecule has 0 spiro atoms. The van der Waals surface area contributed by atoms with Crippen LogP contribution in [-0.2, 0) is 21.4 Å². The van der Waals surface area contributed by atoms with Crippen LogP contribution >= 0.6 is 0 Å². The molecule has 3 aromatic rings. The summed E-state index contributed by atoms with van der Waals surface area (Å²) >= 11 is 0. The molecule has 2 heterocycles. The molecule has 4 rings (SSSR count). The number of methoxy groups -OCH3 is 1. The molecule has 1 fully saturated rings. The minimum absolute atomic E-state index is 0.182. The molecule has 9 heteroatoms. The molecule has 0 saturated carbocycles. The molecular weight excluding hydrogens is 394 g/mol. The number of sulfonamides is 1. The van der Waals surface area contributed by atoms with Crippen LogP contribution in [0.4, 0.5) is 0 Å². The lowest BCUT2D eigenvalue weighted by Crippen LogP contribution is -2.56. The van der Waals surface area contributed by atoms with Crippen LogP contribution in [0, 0.1) is 6.92 Å². The molecule has 1 aromatic heterocycles. The van der Waals surface area contributed by atoms with Crippen molar-refractivity contribution < 1.29 is 22.4 Å². The fraction of sp³-hybridized carbons (Fsp3) is 0.300. The fourth-order valence-electron chi connectivity index (χ4n) is 3.09. The van der Waals surface area contributed by atoms with Gasteiger partial charge in [0.25, 0.3) is 5.89 Å². The van der Waals surface area contributed by atoms with Gasteiger partial charge in [-0.05, 0) is 42.8 Å². The van der Waals surface area contributed by atoms with Crippen molar-refractivity contribution in [3.05, 3.63) is 60.0 Å². The third kappa shape index (κ3) is 4.02. The lowest BCUT2D eigenvalue weighted by atomic mass is 10.2.